The second-order valence-corrected chi connectivity index (χ2v) is 4.65. The number of ketones is 1. The van der Waals surface area contributed by atoms with Gasteiger partial charge in [-0.05, 0) is 37.3 Å². The van der Waals surface area contributed by atoms with Crippen LogP contribution in [0, 0.1) is 0 Å². The van der Waals surface area contributed by atoms with Crippen molar-refractivity contribution in [2.75, 3.05) is 18.1 Å². The van der Waals surface area contributed by atoms with Crippen molar-refractivity contribution >= 4 is 28.8 Å². The minimum atomic E-state index is -0.229. The Hall–Kier alpha value is -2.82. The molecule has 0 aromatic heterocycles. The number of anilines is 3. The fourth-order valence-electron chi connectivity index (χ4n) is 1.96. The molecule has 0 fully saturated rings. The highest BCUT2D eigenvalue weighted by Gasteiger charge is 2.11. The Bertz CT molecular complexity index is 696. The number of hydrogen-bond acceptors (Lipinski definition) is 4. The van der Waals surface area contributed by atoms with Gasteiger partial charge in [0.05, 0.1) is 11.3 Å². The zero-order valence-corrected chi connectivity index (χ0v) is 11.9. The van der Waals surface area contributed by atoms with E-state index in [1.54, 1.807) is 43.4 Å². The van der Waals surface area contributed by atoms with Gasteiger partial charge < -0.3 is 16.4 Å². The van der Waals surface area contributed by atoms with Crippen molar-refractivity contribution < 1.29 is 9.59 Å². The van der Waals surface area contributed by atoms with Gasteiger partial charge in [0.1, 0.15) is 0 Å². The van der Waals surface area contributed by atoms with E-state index in [0.29, 0.717) is 22.5 Å². The van der Waals surface area contributed by atoms with Crippen LogP contribution in [0.25, 0.3) is 0 Å². The molecule has 2 aromatic rings. The Balaban J connectivity index is 2.37. The molecule has 0 saturated carbocycles. The van der Waals surface area contributed by atoms with Crippen LogP contribution in [0.4, 0.5) is 17.1 Å². The summed E-state index contributed by atoms with van der Waals surface area (Å²) in [6.07, 6.45) is 0. The van der Waals surface area contributed by atoms with Crippen LogP contribution >= 0.6 is 0 Å². The standard InChI is InChI=1S/C16H17N3O2/c1-10(20)11-4-3-5-13(8-11)19-15-7-6-12(17)9-14(15)16(21)18-2/h3-9,19H,17H2,1-2H3,(H,18,21). The number of hydrogen-bond donors (Lipinski definition) is 3. The van der Waals surface area contributed by atoms with E-state index in [9.17, 15) is 9.59 Å². The zero-order chi connectivity index (χ0) is 15.4. The average molecular weight is 283 g/mol. The number of amides is 1. The molecule has 5 heteroatoms. The van der Waals surface area contributed by atoms with Gasteiger partial charge in [-0.25, -0.2) is 0 Å². The van der Waals surface area contributed by atoms with E-state index in [-0.39, 0.29) is 11.7 Å². The number of Topliss-reactive ketones (excluding diaryl/α,β-unsaturated/α-hetero) is 1. The quantitative estimate of drug-likeness (QED) is 0.595. The van der Waals surface area contributed by atoms with Gasteiger partial charge in [-0.2, -0.15) is 0 Å². The summed E-state index contributed by atoms with van der Waals surface area (Å²) in [6, 6.07) is 12.2. The lowest BCUT2D eigenvalue weighted by atomic mass is 10.1. The lowest BCUT2D eigenvalue weighted by Crippen LogP contribution is -2.19. The molecule has 0 saturated heterocycles. The first kappa shape index (κ1) is 14.6. The molecule has 0 aliphatic carbocycles. The number of carbonyl (C=O) groups excluding carboxylic acids is 2. The van der Waals surface area contributed by atoms with E-state index >= 15 is 0 Å². The molecule has 2 aromatic carbocycles. The molecule has 5 nitrogen and oxygen atoms in total. The van der Waals surface area contributed by atoms with E-state index in [2.05, 4.69) is 10.6 Å². The van der Waals surface area contributed by atoms with Gasteiger partial charge in [0.2, 0.25) is 0 Å². The number of carbonyl (C=O) groups is 2. The van der Waals surface area contributed by atoms with E-state index in [1.807, 2.05) is 6.07 Å². The van der Waals surface area contributed by atoms with E-state index in [0.717, 1.165) is 5.69 Å². The summed E-state index contributed by atoms with van der Waals surface area (Å²) in [4.78, 5) is 23.3. The Kier molecular flexibility index (Phi) is 4.23. The van der Waals surface area contributed by atoms with Crippen molar-refractivity contribution in [1.82, 2.24) is 5.32 Å². The van der Waals surface area contributed by atoms with Crippen molar-refractivity contribution in [2.45, 2.75) is 6.92 Å². The largest absolute Gasteiger partial charge is 0.399 e. The van der Waals surface area contributed by atoms with Gasteiger partial charge in [0.25, 0.3) is 5.91 Å². The third kappa shape index (κ3) is 3.39. The average Bonchev–Trinajstić information content (AvgIpc) is 2.48. The second kappa shape index (κ2) is 6.09. The van der Waals surface area contributed by atoms with Gasteiger partial charge in [-0.3, -0.25) is 9.59 Å². The maximum atomic E-state index is 11.9. The first-order valence-electron chi connectivity index (χ1n) is 6.51. The molecule has 0 aliphatic rings. The molecule has 0 atom stereocenters. The van der Waals surface area contributed by atoms with Crippen LogP contribution < -0.4 is 16.4 Å². The highest BCUT2D eigenvalue weighted by Crippen LogP contribution is 2.24. The number of nitrogen functional groups attached to an aromatic ring is 1. The Morgan fingerprint density at radius 1 is 1.10 bits per heavy atom. The van der Waals surface area contributed by atoms with Crippen LogP contribution in [0.5, 0.6) is 0 Å². The van der Waals surface area contributed by atoms with E-state index < -0.39 is 0 Å². The normalized spacial score (nSPS) is 10.0. The van der Waals surface area contributed by atoms with Crippen molar-refractivity contribution in [3.8, 4) is 0 Å². The van der Waals surface area contributed by atoms with Crippen LogP contribution in [0.2, 0.25) is 0 Å². The lowest BCUT2D eigenvalue weighted by Gasteiger charge is -2.12. The maximum Gasteiger partial charge on any atom is 0.253 e. The molecule has 2 rings (SSSR count). The summed E-state index contributed by atoms with van der Waals surface area (Å²) in [6.45, 7) is 1.51. The van der Waals surface area contributed by atoms with Crippen LogP contribution in [-0.4, -0.2) is 18.7 Å². The molecule has 0 radical (unpaired) electrons. The topological polar surface area (TPSA) is 84.2 Å². The number of nitrogens with two attached hydrogens (primary N) is 1. The second-order valence-electron chi connectivity index (χ2n) is 4.65. The Morgan fingerprint density at radius 3 is 2.52 bits per heavy atom. The fraction of sp³-hybridized carbons (Fsp3) is 0.125. The lowest BCUT2D eigenvalue weighted by molar-refractivity contribution is 0.0962. The highest BCUT2D eigenvalue weighted by molar-refractivity contribution is 6.01. The SMILES string of the molecule is CNC(=O)c1cc(N)ccc1Nc1cccc(C(C)=O)c1. The summed E-state index contributed by atoms with van der Waals surface area (Å²) in [5.41, 5.74) is 8.66. The minimum absolute atomic E-state index is 0.0116. The predicted molar refractivity (Wildman–Crippen MR) is 84.0 cm³/mol. The number of rotatable bonds is 4. The van der Waals surface area contributed by atoms with Crippen molar-refractivity contribution in [3.05, 3.63) is 53.6 Å². The third-order valence-electron chi connectivity index (χ3n) is 3.06. The van der Waals surface area contributed by atoms with Crippen LogP contribution in [0.15, 0.2) is 42.5 Å². The molecule has 0 bridgehead atoms. The van der Waals surface area contributed by atoms with Gasteiger partial charge in [-0.1, -0.05) is 12.1 Å². The van der Waals surface area contributed by atoms with Gasteiger partial charge in [-0.15, -0.1) is 0 Å². The maximum absolute atomic E-state index is 11.9. The molecular weight excluding hydrogens is 266 g/mol. The molecule has 0 aliphatic heterocycles. The monoisotopic (exact) mass is 283 g/mol. The van der Waals surface area contributed by atoms with E-state index in [4.69, 9.17) is 5.73 Å². The van der Waals surface area contributed by atoms with Gasteiger partial charge >= 0.3 is 0 Å². The van der Waals surface area contributed by atoms with Crippen molar-refractivity contribution in [3.63, 3.8) is 0 Å². The molecular formula is C16H17N3O2. The van der Waals surface area contributed by atoms with E-state index in [1.165, 1.54) is 6.92 Å². The van der Waals surface area contributed by atoms with Crippen LogP contribution in [-0.2, 0) is 0 Å². The Morgan fingerprint density at radius 2 is 1.86 bits per heavy atom. The molecule has 0 spiro atoms. The number of benzene rings is 2. The number of nitrogens with one attached hydrogen (secondary N) is 2. The van der Waals surface area contributed by atoms with Crippen LogP contribution in [0.3, 0.4) is 0 Å². The van der Waals surface area contributed by atoms with Gasteiger partial charge in [0.15, 0.2) is 5.78 Å². The smallest absolute Gasteiger partial charge is 0.253 e. The molecule has 21 heavy (non-hydrogen) atoms. The summed E-state index contributed by atoms with van der Waals surface area (Å²) < 4.78 is 0. The third-order valence-corrected chi connectivity index (χ3v) is 3.06. The molecule has 108 valence electrons. The molecule has 1 amide bonds. The summed E-state index contributed by atoms with van der Waals surface area (Å²) in [7, 11) is 1.56. The zero-order valence-electron chi connectivity index (χ0n) is 11.9. The summed E-state index contributed by atoms with van der Waals surface area (Å²) in [5.74, 6) is -0.241. The molecule has 0 heterocycles. The molecule has 0 unspecified atom stereocenters. The minimum Gasteiger partial charge on any atom is -0.399 e. The summed E-state index contributed by atoms with van der Waals surface area (Å²) >= 11 is 0. The molecule has 4 N–H and O–H groups in total. The van der Waals surface area contributed by atoms with Crippen molar-refractivity contribution in [2.24, 2.45) is 0 Å². The first-order chi connectivity index (χ1) is 10.0. The first-order valence-corrected chi connectivity index (χ1v) is 6.51. The summed E-state index contributed by atoms with van der Waals surface area (Å²) in [5, 5.41) is 5.72. The highest BCUT2D eigenvalue weighted by atomic mass is 16.1. The van der Waals surface area contributed by atoms with Crippen LogP contribution in [0.1, 0.15) is 27.6 Å². The van der Waals surface area contributed by atoms with Crippen molar-refractivity contribution in [1.29, 1.82) is 0 Å². The predicted octanol–water partition coefficient (Wildman–Crippen LogP) is 2.57. The fourth-order valence-corrected chi connectivity index (χ4v) is 1.96. The Labute approximate surface area is 123 Å². The van der Waals surface area contributed by atoms with Gasteiger partial charge in [0, 0.05) is 24.0 Å².